The predicted octanol–water partition coefficient (Wildman–Crippen LogP) is 3.89. The van der Waals surface area contributed by atoms with Gasteiger partial charge in [-0.3, -0.25) is 0 Å². The van der Waals surface area contributed by atoms with Crippen LogP contribution in [0.4, 0.5) is 0 Å². The number of aliphatic carboxylic acids is 1. The van der Waals surface area contributed by atoms with Gasteiger partial charge in [0.2, 0.25) is 0 Å². The molecule has 2 aromatic rings. The average molecular weight is 254 g/mol. The highest BCUT2D eigenvalue weighted by Crippen LogP contribution is 2.22. The second-order valence-corrected chi connectivity index (χ2v) is 4.16. The molecular formula is C16H14O3. The van der Waals surface area contributed by atoms with Crippen LogP contribution in [0.3, 0.4) is 0 Å². The number of aryl methyl sites for hydroxylation is 1. The summed E-state index contributed by atoms with van der Waals surface area (Å²) in [5, 5.41) is 8.59. The molecule has 0 fully saturated rings. The molecular weight excluding hydrogens is 240 g/mol. The van der Waals surface area contributed by atoms with Gasteiger partial charge in [0, 0.05) is 6.08 Å². The minimum atomic E-state index is -0.968. The Balaban J connectivity index is 2.15. The fourth-order valence-corrected chi connectivity index (χ4v) is 1.59. The van der Waals surface area contributed by atoms with Crippen LogP contribution in [0, 0.1) is 6.92 Å². The lowest BCUT2D eigenvalue weighted by Gasteiger charge is -2.06. The normalized spacial score (nSPS) is 10.6. The van der Waals surface area contributed by atoms with E-state index in [1.165, 1.54) is 11.6 Å². The molecule has 0 spiro atoms. The molecule has 1 N–H and O–H groups in total. The van der Waals surface area contributed by atoms with E-state index in [0.29, 0.717) is 5.75 Å². The summed E-state index contributed by atoms with van der Waals surface area (Å²) in [5.41, 5.74) is 1.96. The van der Waals surface area contributed by atoms with Crippen LogP contribution in [0.2, 0.25) is 0 Å². The second-order valence-electron chi connectivity index (χ2n) is 4.16. The fourth-order valence-electron chi connectivity index (χ4n) is 1.59. The number of benzene rings is 2. The Kier molecular flexibility index (Phi) is 3.98. The third-order valence-electron chi connectivity index (χ3n) is 2.53. The summed E-state index contributed by atoms with van der Waals surface area (Å²) in [6.45, 7) is 2.01. The molecule has 2 rings (SSSR count). The van der Waals surface area contributed by atoms with Gasteiger partial charge in [0.05, 0.1) is 0 Å². The largest absolute Gasteiger partial charge is 0.478 e. The van der Waals surface area contributed by atoms with Crippen LogP contribution in [0.1, 0.15) is 11.1 Å². The van der Waals surface area contributed by atoms with Gasteiger partial charge in [-0.1, -0.05) is 29.8 Å². The molecule has 0 bridgehead atoms. The number of ether oxygens (including phenoxy) is 1. The Morgan fingerprint density at radius 3 is 2.53 bits per heavy atom. The minimum Gasteiger partial charge on any atom is -0.478 e. The molecule has 0 saturated carbocycles. The highest BCUT2D eigenvalue weighted by Gasteiger charge is 1.98. The first-order valence-corrected chi connectivity index (χ1v) is 5.89. The van der Waals surface area contributed by atoms with Crippen LogP contribution < -0.4 is 4.74 Å². The molecule has 3 heteroatoms. The van der Waals surface area contributed by atoms with Crippen LogP contribution in [0.5, 0.6) is 11.5 Å². The zero-order chi connectivity index (χ0) is 13.7. The van der Waals surface area contributed by atoms with E-state index in [-0.39, 0.29) is 0 Å². The van der Waals surface area contributed by atoms with Gasteiger partial charge in [0.15, 0.2) is 0 Å². The van der Waals surface area contributed by atoms with E-state index >= 15 is 0 Å². The van der Waals surface area contributed by atoms with E-state index in [9.17, 15) is 4.79 Å². The number of rotatable bonds is 4. The average Bonchev–Trinajstić information content (AvgIpc) is 2.40. The molecule has 0 atom stereocenters. The Bertz CT molecular complexity index is 598. The van der Waals surface area contributed by atoms with Crippen molar-refractivity contribution in [1.82, 2.24) is 0 Å². The predicted molar refractivity (Wildman–Crippen MR) is 74.4 cm³/mol. The molecule has 0 unspecified atom stereocenters. The summed E-state index contributed by atoms with van der Waals surface area (Å²) in [7, 11) is 0. The minimum absolute atomic E-state index is 0.677. The van der Waals surface area contributed by atoms with Gasteiger partial charge in [-0.2, -0.15) is 0 Å². The van der Waals surface area contributed by atoms with Gasteiger partial charge < -0.3 is 9.84 Å². The number of carbonyl (C=O) groups is 1. The van der Waals surface area contributed by atoms with Crippen molar-refractivity contribution in [3.8, 4) is 11.5 Å². The van der Waals surface area contributed by atoms with Crippen LogP contribution in [-0.4, -0.2) is 11.1 Å². The molecule has 0 saturated heterocycles. The van der Waals surface area contributed by atoms with Gasteiger partial charge in [-0.05, 0) is 42.8 Å². The smallest absolute Gasteiger partial charge is 0.328 e. The third kappa shape index (κ3) is 4.00. The topological polar surface area (TPSA) is 46.5 Å². The van der Waals surface area contributed by atoms with E-state index in [0.717, 1.165) is 17.4 Å². The summed E-state index contributed by atoms with van der Waals surface area (Å²) in [6, 6.07) is 15.0. The van der Waals surface area contributed by atoms with Crippen molar-refractivity contribution < 1.29 is 14.6 Å². The van der Waals surface area contributed by atoms with Gasteiger partial charge >= 0.3 is 5.97 Å². The van der Waals surface area contributed by atoms with E-state index in [2.05, 4.69) is 0 Å². The van der Waals surface area contributed by atoms with Crippen LogP contribution in [0.15, 0.2) is 54.6 Å². The molecule has 19 heavy (non-hydrogen) atoms. The Morgan fingerprint density at radius 1 is 1.11 bits per heavy atom. The van der Waals surface area contributed by atoms with Crippen molar-refractivity contribution in [1.29, 1.82) is 0 Å². The zero-order valence-corrected chi connectivity index (χ0v) is 10.5. The van der Waals surface area contributed by atoms with E-state index in [4.69, 9.17) is 9.84 Å². The molecule has 0 aliphatic rings. The van der Waals surface area contributed by atoms with Crippen molar-refractivity contribution in [3.63, 3.8) is 0 Å². The van der Waals surface area contributed by atoms with Crippen LogP contribution >= 0.6 is 0 Å². The van der Waals surface area contributed by atoms with E-state index in [1.807, 2.05) is 49.4 Å². The van der Waals surface area contributed by atoms with E-state index < -0.39 is 5.97 Å². The Hall–Kier alpha value is -2.55. The number of carboxylic acid groups (broad SMARTS) is 1. The molecule has 0 heterocycles. The lowest BCUT2D eigenvalue weighted by molar-refractivity contribution is -0.131. The third-order valence-corrected chi connectivity index (χ3v) is 2.53. The SMILES string of the molecule is Cc1ccc(Oc2cccc(/C=C/C(=O)O)c2)cc1. The monoisotopic (exact) mass is 254 g/mol. The maximum atomic E-state index is 10.5. The molecule has 0 aliphatic heterocycles. The zero-order valence-electron chi connectivity index (χ0n) is 10.5. The summed E-state index contributed by atoms with van der Waals surface area (Å²) in [4.78, 5) is 10.5. The van der Waals surface area contributed by atoms with Gasteiger partial charge in [0.1, 0.15) is 11.5 Å². The Labute approximate surface area is 111 Å². The lowest BCUT2D eigenvalue weighted by atomic mass is 10.2. The highest BCUT2D eigenvalue weighted by molar-refractivity contribution is 5.85. The first-order valence-electron chi connectivity index (χ1n) is 5.89. The van der Waals surface area contributed by atoms with Gasteiger partial charge in [-0.15, -0.1) is 0 Å². The summed E-state index contributed by atoms with van der Waals surface area (Å²) < 4.78 is 5.70. The van der Waals surface area contributed by atoms with Crippen molar-refractivity contribution in [3.05, 3.63) is 65.7 Å². The van der Waals surface area contributed by atoms with Crippen molar-refractivity contribution in [2.75, 3.05) is 0 Å². The maximum Gasteiger partial charge on any atom is 0.328 e. The van der Waals surface area contributed by atoms with Crippen LogP contribution in [0.25, 0.3) is 6.08 Å². The number of carboxylic acids is 1. The summed E-state index contributed by atoms with van der Waals surface area (Å²) in [6.07, 6.45) is 2.63. The second kappa shape index (κ2) is 5.87. The molecule has 96 valence electrons. The Morgan fingerprint density at radius 2 is 1.84 bits per heavy atom. The van der Waals surface area contributed by atoms with E-state index in [1.54, 1.807) is 6.07 Å². The van der Waals surface area contributed by atoms with Crippen molar-refractivity contribution in [2.24, 2.45) is 0 Å². The maximum absolute atomic E-state index is 10.5. The molecule has 2 aromatic carbocycles. The standard InChI is InChI=1S/C16H14O3/c1-12-5-8-14(9-6-12)19-15-4-2-3-13(11-15)7-10-16(17)18/h2-11H,1H3,(H,17,18)/b10-7+. The van der Waals surface area contributed by atoms with Crippen LogP contribution in [-0.2, 0) is 4.79 Å². The molecule has 0 amide bonds. The number of hydrogen-bond donors (Lipinski definition) is 1. The van der Waals surface area contributed by atoms with Gasteiger partial charge in [-0.25, -0.2) is 4.79 Å². The first kappa shape index (κ1) is 12.9. The van der Waals surface area contributed by atoms with Crippen molar-refractivity contribution in [2.45, 2.75) is 6.92 Å². The molecule has 0 aliphatic carbocycles. The summed E-state index contributed by atoms with van der Waals surface area (Å²) in [5.74, 6) is 0.464. The molecule has 3 nitrogen and oxygen atoms in total. The quantitative estimate of drug-likeness (QED) is 0.842. The fraction of sp³-hybridized carbons (Fsp3) is 0.0625. The van der Waals surface area contributed by atoms with Crippen molar-refractivity contribution >= 4 is 12.0 Å². The number of hydrogen-bond acceptors (Lipinski definition) is 2. The highest BCUT2D eigenvalue weighted by atomic mass is 16.5. The summed E-state index contributed by atoms with van der Waals surface area (Å²) >= 11 is 0. The molecule has 0 aromatic heterocycles. The molecule has 0 radical (unpaired) electrons. The van der Waals surface area contributed by atoms with Gasteiger partial charge in [0.25, 0.3) is 0 Å². The first-order chi connectivity index (χ1) is 9.13. The lowest BCUT2D eigenvalue weighted by Crippen LogP contribution is -1.87.